The van der Waals surface area contributed by atoms with Crippen LogP contribution >= 0.6 is 11.3 Å². The molecule has 1 saturated heterocycles. The Morgan fingerprint density at radius 2 is 1.65 bits per heavy atom. The molecule has 2 heterocycles. The van der Waals surface area contributed by atoms with Crippen molar-refractivity contribution in [3.8, 4) is 5.75 Å². The molecule has 6 heteroatoms. The summed E-state index contributed by atoms with van der Waals surface area (Å²) in [5.74, 6) is 0.268. The number of carbonyl (C=O) groups excluding carboxylic acids is 1. The van der Waals surface area contributed by atoms with Crippen molar-refractivity contribution in [2.24, 2.45) is 0 Å². The van der Waals surface area contributed by atoms with Crippen molar-refractivity contribution in [2.45, 2.75) is 26.4 Å². The van der Waals surface area contributed by atoms with Crippen LogP contribution < -0.4 is 5.32 Å². The van der Waals surface area contributed by atoms with E-state index in [0.717, 1.165) is 61.1 Å². The van der Waals surface area contributed by atoms with Gasteiger partial charge >= 0.3 is 0 Å². The molecule has 0 spiro atoms. The van der Waals surface area contributed by atoms with Gasteiger partial charge in [0, 0.05) is 36.7 Å². The first kappa shape index (κ1) is 21.6. The lowest BCUT2D eigenvalue weighted by Gasteiger charge is -2.22. The van der Waals surface area contributed by atoms with E-state index in [0.29, 0.717) is 5.75 Å². The number of benzene rings is 2. The predicted molar refractivity (Wildman–Crippen MR) is 127 cm³/mol. The molecule has 1 aliphatic heterocycles. The molecular weight excluding hydrogens is 406 g/mol. The topological polar surface area (TPSA) is 55.8 Å². The highest BCUT2D eigenvalue weighted by atomic mass is 32.1. The summed E-state index contributed by atoms with van der Waals surface area (Å²) in [6.07, 6.45) is 1.13. The van der Waals surface area contributed by atoms with Gasteiger partial charge in [-0.05, 0) is 74.0 Å². The van der Waals surface area contributed by atoms with Crippen molar-refractivity contribution in [1.82, 2.24) is 9.80 Å². The van der Waals surface area contributed by atoms with Gasteiger partial charge in [-0.2, -0.15) is 0 Å². The van der Waals surface area contributed by atoms with Crippen molar-refractivity contribution in [2.75, 3.05) is 31.5 Å². The molecule has 31 heavy (non-hydrogen) atoms. The van der Waals surface area contributed by atoms with E-state index in [9.17, 15) is 9.90 Å². The third kappa shape index (κ3) is 6.17. The fourth-order valence-electron chi connectivity index (χ4n) is 3.96. The van der Waals surface area contributed by atoms with Crippen LogP contribution in [0.4, 0.5) is 5.69 Å². The second-order valence-corrected chi connectivity index (χ2v) is 9.42. The number of hydrogen-bond donors (Lipinski definition) is 2. The summed E-state index contributed by atoms with van der Waals surface area (Å²) in [5.41, 5.74) is 3.29. The number of aromatic hydroxyl groups is 1. The minimum atomic E-state index is -0.0464. The summed E-state index contributed by atoms with van der Waals surface area (Å²) in [6.45, 7) is 7.99. The van der Waals surface area contributed by atoms with Gasteiger partial charge in [0.15, 0.2) is 0 Å². The monoisotopic (exact) mass is 435 g/mol. The molecule has 2 N–H and O–H groups in total. The summed E-state index contributed by atoms with van der Waals surface area (Å²) in [4.78, 5) is 19.3. The van der Waals surface area contributed by atoms with Crippen molar-refractivity contribution >= 4 is 22.9 Å². The van der Waals surface area contributed by atoms with E-state index in [1.165, 1.54) is 22.5 Å². The first-order valence-corrected chi connectivity index (χ1v) is 11.6. The van der Waals surface area contributed by atoms with Crippen LogP contribution in [0.1, 0.15) is 32.1 Å². The SMILES string of the molecule is Cc1ccc(C(=O)Nc2cccc(CN3CCCN(Cc4ccc(O)cc4)CC3)c2)s1. The lowest BCUT2D eigenvalue weighted by molar-refractivity contribution is 0.103. The lowest BCUT2D eigenvalue weighted by atomic mass is 10.2. The highest BCUT2D eigenvalue weighted by Crippen LogP contribution is 2.19. The van der Waals surface area contributed by atoms with E-state index in [2.05, 4.69) is 27.2 Å². The van der Waals surface area contributed by atoms with Gasteiger partial charge in [0.2, 0.25) is 0 Å². The molecule has 0 unspecified atom stereocenters. The number of nitrogens with zero attached hydrogens (tertiary/aromatic N) is 2. The quantitative estimate of drug-likeness (QED) is 0.588. The van der Waals surface area contributed by atoms with Crippen LogP contribution in [0.3, 0.4) is 0 Å². The van der Waals surface area contributed by atoms with Gasteiger partial charge in [-0.3, -0.25) is 14.6 Å². The largest absolute Gasteiger partial charge is 0.508 e. The molecule has 1 fully saturated rings. The van der Waals surface area contributed by atoms with Crippen molar-refractivity contribution in [3.05, 3.63) is 81.5 Å². The molecule has 4 rings (SSSR count). The normalized spacial score (nSPS) is 15.5. The zero-order chi connectivity index (χ0) is 21.6. The number of hydrogen-bond acceptors (Lipinski definition) is 5. The molecular formula is C25H29N3O2S. The van der Waals surface area contributed by atoms with E-state index >= 15 is 0 Å². The molecule has 1 aromatic heterocycles. The van der Waals surface area contributed by atoms with Gasteiger partial charge in [-0.15, -0.1) is 11.3 Å². The van der Waals surface area contributed by atoms with Gasteiger partial charge < -0.3 is 10.4 Å². The molecule has 0 bridgehead atoms. The van der Waals surface area contributed by atoms with Crippen LogP contribution in [0.2, 0.25) is 0 Å². The summed E-state index contributed by atoms with van der Waals surface area (Å²) >= 11 is 1.51. The van der Waals surface area contributed by atoms with E-state index in [1.54, 1.807) is 12.1 Å². The van der Waals surface area contributed by atoms with Gasteiger partial charge in [0.25, 0.3) is 5.91 Å². The summed E-state index contributed by atoms with van der Waals surface area (Å²) in [6, 6.07) is 19.5. The maximum Gasteiger partial charge on any atom is 0.265 e. The fourth-order valence-corrected chi connectivity index (χ4v) is 4.72. The molecule has 162 valence electrons. The minimum Gasteiger partial charge on any atom is -0.508 e. The van der Waals surface area contributed by atoms with Crippen LogP contribution in [0.5, 0.6) is 5.75 Å². The molecule has 0 radical (unpaired) electrons. The lowest BCUT2D eigenvalue weighted by Crippen LogP contribution is -2.30. The van der Waals surface area contributed by atoms with Crippen molar-refractivity contribution < 1.29 is 9.90 Å². The Kier molecular flexibility index (Phi) is 7.02. The molecule has 2 aromatic carbocycles. The summed E-state index contributed by atoms with van der Waals surface area (Å²) < 4.78 is 0. The Morgan fingerprint density at radius 1 is 0.935 bits per heavy atom. The van der Waals surface area contributed by atoms with Crippen LogP contribution in [0.15, 0.2) is 60.7 Å². The summed E-state index contributed by atoms with van der Waals surface area (Å²) in [7, 11) is 0. The number of rotatable bonds is 6. The second-order valence-electron chi connectivity index (χ2n) is 8.14. The molecule has 5 nitrogen and oxygen atoms in total. The zero-order valence-corrected chi connectivity index (χ0v) is 18.7. The minimum absolute atomic E-state index is 0.0464. The van der Waals surface area contributed by atoms with Crippen molar-refractivity contribution in [3.63, 3.8) is 0 Å². The van der Waals surface area contributed by atoms with E-state index in [-0.39, 0.29) is 5.91 Å². The van der Waals surface area contributed by atoms with Crippen LogP contribution in [0.25, 0.3) is 0 Å². The number of anilines is 1. The van der Waals surface area contributed by atoms with Crippen LogP contribution in [0, 0.1) is 6.92 Å². The Bertz CT molecular complexity index is 1020. The zero-order valence-electron chi connectivity index (χ0n) is 17.9. The van der Waals surface area contributed by atoms with Gasteiger partial charge in [0.05, 0.1) is 4.88 Å². The highest BCUT2D eigenvalue weighted by Gasteiger charge is 2.16. The number of carbonyl (C=O) groups is 1. The standard InChI is InChI=1S/C25H29N3O2S/c1-19-6-11-24(31-19)25(30)26-22-5-2-4-21(16-22)18-28-13-3-12-27(14-15-28)17-20-7-9-23(29)10-8-20/h2,4-11,16,29H,3,12-15,17-18H2,1H3,(H,26,30). The smallest absolute Gasteiger partial charge is 0.265 e. The number of amides is 1. The molecule has 1 amide bonds. The molecule has 3 aromatic rings. The Labute approximate surface area is 187 Å². The first-order valence-electron chi connectivity index (χ1n) is 10.7. The highest BCUT2D eigenvalue weighted by molar-refractivity contribution is 7.14. The number of aryl methyl sites for hydroxylation is 1. The third-order valence-electron chi connectivity index (χ3n) is 5.58. The number of phenols is 1. The maximum absolute atomic E-state index is 12.4. The third-order valence-corrected chi connectivity index (χ3v) is 6.58. The van der Waals surface area contributed by atoms with Crippen LogP contribution in [-0.4, -0.2) is 47.0 Å². The number of phenolic OH excluding ortho intramolecular Hbond substituents is 1. The molecule has 0 saturated carbocycles. The maximum atomic E-state index is 12.4. The molecule has 1 aliphatic rings. The molecule has 0 aliphatic carbocycles. The van der Waals surface area contributed by atoms with Gasteiger partial charge in [-0.1, -0.05) is 24.3 Å². The number of nitrogens with one attached hydrogen (secondary N) is 1. The summed E-state index contributed by atoms with van der Waals surface area (Å²) in [5, 5.41) is 12.5. The van der Waals surface area contributed by atoms with Crippen molar-refractivity contribution in [1.29, 1.82) is 0 Å². The second kappa shape index (κ2) is 10.1. The van der Waals surface area contributed by atoms with Gasteiger partial charge in [0.1, 0.15) is 5.75 Å². The Morgan fingerprint density at radius 3 is 2.32 bits per heavy atom. The van der Waals surface area contributed by atoms with E-state index < -0.39 is 0 Å². The molecule has 0 atom stereocenters. The first-order chi connectivity index (χ1) is 15.0. The van der Waals surface area contributed by atoms with Crippen LogP contribution in [-0.2, 0) is 13.1 Å². The Balaban J connectivity index is 1.31. The fraction of sp³-hybridized carbons (Fsp3) is 0.320. The Hall–Kier alpha value is -2.67. The number of thiophene rings is 1. The average molecular weight is 436 g/mol. The predicted octanol–water partition coefficient (Wildman–Crippen LogP) is 4.72. The van der Waals surface area contributed by atoms with Gasteiger partial charge in [-0.25, -0.2) is 0 Å². The van der Waals surface area contributed by atoms with E-state index in [1.807, 2.05) is 43.3 Å². The average Bonchev–Trinajstić information content (AvgIpc) is 3.08. The van der Waals surface area contributed by atoms with E-state index in [4.69, 9.17) is 0 Å².